The molecule has 0 spiro atoms. The fourth-order valence-electron chi connectivity index (χ4n) is 10.2. The van der Waals surface area contributed by atoms with Gasteiger partial charge in [-0.05, 0) is 97.4 Å². The average Bonchev–Trinajstić information content (AvgIpc) is 3.22. The van der Waals surface area contributed by atoms with Gasteiger partial charge in [-0.15, -0.1) is 6.42 Å². The molecule has 6 aromatic carbocycles. The number of rotatable bonds is 8. The van der Waals surface area contributed by atoms with E-state index < -0.39 is 0 Å². The molecular weight excluding hydrogens is 641 g/mol. The van der Waals surface area contributed by atoms with E-state index in [1.807, 2.05) is 0 Å². The van der Waals surface area contributed by atoms with Gasteiger partial charge in [-0.3, -0.25) is 0 Å². The van der Waals surface area contributed by atoms with Crippen LogP contribution in [0.2, 0.25) is 0 Å². The second kappa shape index (κ2) is 13.0. The molecule has 0 radical (unpaired) electrons. The van der Waals surface area contributed by atoms with Crippen molar-refractivity contribution in [3.8, 4) is 29.9 Å². The Balaban J connectivity index is 1.15. The molecular formula is C52H42O. The van der Waals surface area contributed by atoms with E-state index in [1.165, 1.54) is 98.9 Å². The van der Waals surface area contributed by atoms with Crippen molar-refractivity contribution in [3.63, 3.8) is 0 Å². The van der Waals surface area contributed by atoms with Crippen LogP contribution in [0.5, 0.6) is 5.75 Å². The number of terminal acetylenes is 1. The zero-order chi connectivity index (χ0) is 35.5. The summed E-state index contributed by atoms with van der Waals surface area (Å²) >= 11 is 0. The van der Waals surface area contributed by atoms with Crippen molar-refractivity contribution in [3.05, 3.63) is 205 Å². The van der Waals surface area contributed by atoms with E-state index >= 15 is 0 Å². The van der Waals surface area contributed by atoms with Crippen LogP contribution in [0.15, 0.2) is 121 Å². The third-order valence-electron chi connectivity index (χ3n) is 12.4. The number of hydrogen-bond acceptors (Lipinski definition) is 1. The van der Waals surface area contributed by atoms with Gasteiger partial charge in [0, 0.05) is 40.4 Å². The zero-order valence-corrected chi connectivity index (χ0v) is 30.3. The first-order chi connectivity index (χ1) is 26.3. The van der Waals surface area contributed by atoms with Gasteiger partial charge in [0.05, 0.1) is 6.61 Å². The van der Waals surface area contributed by atoms with Crippen LogP contribution >= 0.6 is 0 Å². The smallest absolute Gasteiger partial charge is 0.119 e. The number of benzene rings is 6. The van der Waals surface area contributed by atoms with Crippen LogP contribution in [-0.2, 0) is 0 Å². The Kier molecular flexibility index (Phi) is 7.85. The molecule has 0 saturated carbocycles. The maximum absolute atomic E-state index is 6.74. The predicted molar refractivity (Wildman–Crippen MR) is 215 cm³/mol. The van der Waals surface area contributed by atoms with Crippen molar-refractivity contribution >= 4 is 0 Å². The van der Waals surface area contributed by atoms with Gasteiger partial charge < -0.3 is 4.74 Å². The van der Waals surface area contributed by atoms with Crippen LogP contribution in [0.4, 0.5) is 0 Å². The van der Waals surface area contributed by atoms with Gasteiger partial charge in [0.25, 0.3) is 0 Å². The van der Waals surface area contributed by atoms with Gasteiger partial charge in [-0.1, -0.05) is 154 Å². The summed E-state index contributed by atoms with van der Waals surface area (Å²) in [6.07, 6.45) is 14.3. The normalized spacial score (nSPS) is 18.6. The summed E-state index contributed by atoms with van der Waals surface area (Å²) in [5.41, 5.74) is 19.4. The molecule has 0 unspecified atom stereocenters. The molecule has 0 aromatic heterocycles. The fourth-order valence-corrected chi connectivity index (χ4v) is 10.2. The Morgan fingerprint density at radius 3 is 1.23 bits per heavy atom. The van der Waals surface area contributed by atoms with Crippen LogP contribution in [-0.4, -0.2) is 6.61 Å². The SMILES string of the molecule is C#Cc1c2c(c(C#Cc3ccc(OCCCCCCCC)cc3)c3c1C1c4ccccc4C3c3ccccc31)C1c3ccccc3C2c2ccccc21. The van der Waals surface area contributed by atoms with Crippen molar-refractivity contribution in [1.29, 1.82) is 0 Å². The summed E-state index contributed by atoms with van der Waals surface area (Å²) in [7, 11) is 0. The molecule has 12 rings (SSSR count). The molecule has 1 nitrogen and oxygen atoms in total. The van der Waals surface area contributed by atoms with Gasteiger partial charge in [0.2, 0.25) is 0 Å². The highest BCUT2D eigenvalue weighted by atomic mass is 16.5. The van der Waals surface area contributed by atoms with Crippen LogP contribution in [0.3, 0.4) is 0 Å². The van der Waals surface area contributed by atoms with Crippen LogP contribution in [0.25, 0.3) is 0 Å². The Bertz CT molecular complexity index is 2290. The van der Waals surface area contributed by atoms with Gasteiger partial charge in [0.15, 0.2) is 0 Å². The highest BCUT2D eigenvalue weighted by Gasteiger charge is 2.50. The molecule has 256 valence electrons. The highest BCUT2D eigenvalue weighted by molar-refractivity contribution is 5.82. The molecule has 6 aliphatic carbocycles. The van der Waals surface area contributed by atoms with Crippen molar-refractivity contribution in [2.75, 3.05) is 6.61 Å². The Morgan fingerprint density at radius 1 is 0.453 bits per heavy atom. The molecule has 1 heteroatoms. The second-order valence-electron chi connectivity index (χ2n) is 15.2. The van der Waals surface area contributed by atoms with E-state index in [4.69, 9.17) is 11.2 Å². The van der Waals surface area contributed by atoms with Crippen molar-refractivity contribution in [1.82, 2.24) is 0 Å². The number of ether oxygens (including phenoxy) is 1. The molecule has 0 heterocycles. The summed E-state index contributed by atoms with van der Waals surface area (Å²) < 4.78 is 6.14. The average molecular weight is 683 g/mol. The third-order valence-corrected chi connectivity index (χ3v) is 12.4. The molecule has 0 N–H and O–H groups in total. The van der Waals surface area contributed by atoms with Crippen LogP contribution in [0, 0.1) is 24.2 Å². The molecule has 0 saturated heterocycles. The minimum absolute atomic E-state index is 0.0628. The van der Waals surface area contributed by atoms with Gasteiger partial charge in [-0.2, -0.15) is 0 Å². The molecule has 6 aliphatic rings. The van der Waals surface area contributed by atoms with Crippen molar-refractivity contribution < 1.29 is 4.74 Å². The lowest BCUT2D eigenvalue weighted by Gasteiger charge is -2.48. The number of unbranched alkanes of at least 4 members (excludes halogenated alkanes) is 5. The maximum atomic E-state index is 6.74. The molecule has 0 fully saturated rings. The van der Waals surface area contributed by atoms with Gasteiger partial charge in [-0.25, -0.2) is 0 Å². The topological polar surface area (TPSA) is 9.23 Å². The lowest BCUT2D eigenvalue weighted by Crippen LogP contribution is -2.35. The first-order valence-electron chi connectivity index (χ1n) is 19.6. The Hall–Kier alpha value is -5.76. The molecule has 0 amide bonds. The maximum Gasteiger partial charge on any atom is 0.119 e. The van der Waals surface area contributed by atoms with E-state index in [-0.39, 0.29) is 23.7 Å². The quantitative estimate of drug-likeness (QED) is 0.114. The van der Waals surface area contributed by atoms with Crippen LogP contribution in [0.1, 0.15) is 153 Å². The third kappa shape index (κ3) is 4.88. The molecule has 6 aromatic rings. The van der Waals surface area contributed by atoms with Gasteiger partial charge >= 0.3 is 0 Å². The first-order valence-corrected chi connectivity index (χ1v) is 19.6. The van der Waals surface area contributed by atoms with Gasteiger partial charge in [0.1, 0.15) is 5.75 Å². The monoisotopic (exact) mass is 682 g/mol. The van der Waals surface area contributed by atoms with E-state index in [1.54, 1.807) is 0 Å². The minimum atomic E-state index is 0.0628. The zero-order valence-electron chi connectivity index (χ0n) is 30.3. The summed E-state index contributed by atoms with van der Waals surface area (Å²) in [6, 6.07) is 44.5. The van der Waals surface area contributed by atoms with Crippen LogP contribution < -0.4 is 4.74 Å². The molecule has 0 atom stereocenters. The molecule has 4 bridgehead atoms. The standard InChI is InChI=1S/C52H42O/c1-3-5-6-7-8-17-32-53-34-29-26-33(27-30-34)28-31-44-51-47-40-22-13-9-18-36(40)45(37-19-10-14-23-41(37)47)49(51)35(4-2)50-46-38-20-11-15-24-42(38)48(52(44)50)43-25-16-12-21-39(43)46/h2,9-16,18-27,29-30,45-48H,3,5-8,17,32H2,1H3. The molecule has 0 aliphatic heterocycles. The Morgan fingerprint density at radius 2 is 0.830 bits per heavy atom. The van der Waals surface area contributed by atoms with E-state index in [0.717, 1.165) is 35.5 Å². The van der Waals surface area contributed by atoms with E-state index in [0.29, 0.717) is 0 Å². The summed E-state index contributed by atoms with van der Waals surface area (Å²) in [5.74, 6) is 12.1. The minimum Gasteiger partial charge on any atom is -0.494 e. The second-order valence-corrected chi connectivity index (χ2v) is 15.2. The van der Waals surface area contributed by atoms with E-state index in [9.17, 15) is 0 Å². The molecule has 53 heavy (non-hydrogen) atoms. The summed E-state index contributed by atoms with van der Waals surface area (Å²) in [4.78, 5) is 0. The van der Waals surface area contributed by atoms with Crippen molar-refractivity contribution in [2.45, 2.75) is 69.1 Å². The number of hydrogen-bond donors (Lipinski definition) is 0. The fraction of sp³-hybridized carbons (Fsp3) is 0.231. The van der Waals surface area contributed by atoms with Crippen molar-refractivity contribution in [2.24, 2.45) is 0 Å². The Labute approximate surface area is 314 Å². The summed E-state index contributed by atoms with van der Waals surface area (Å²) in [5, 5.41) is 0. The first kappa shape index (κ1) is 31.9. The predicted octanol–water partition coefficient (Wildman–Crippen LogP) is 11.8. The summed E-state index contributed by atoms with van der Waals surface area (Å²) in [6.45, 7) is 3.02. The highest BCUT2D eigenvalue weighted by Crippen LogP contribution is 2.63. The van der Waals surface area contributed by atoms with E-state index in [2.05, 4.69) is 146 Å². The lowest BCUT2D eigenvalue weighted by atomic mass is 9.53. The lowest BCUT2D eigenvalue weighted by molar-refractivity contribution is 0.304. The largest absolute Gasteiger partial charge is 0.494 e.